The molecule has 0 radical (unpaired) electrons. The molecule has 0 saturated heterocycles. The minimum atomic E-state index is -0.196. The highest BCUT2D eigenvalue weighted by atomic mass is 32.2. The normalized spacial score (nSPS) is 12.5. The van der Waals surface area contributed by atoms with Gasteiger partial charge >= 0.3 is 0 Å². The molecular formula is C20H16N2OS. The number of nitrogens with zero attached hydrogens (tertiary/aromatic N) is 1. The standard InChI is InChI=1S/C20H16N2OS/c1-13(20(23)16-12-21-18-9-5-3-7-15(16)18)24-19-11-10-14-6-2-4-8-17(14)22-19/h2-13,21H,1H3/t13-/m1/s1. The Balaban J connectivity index is 1.60. The summed E-state index contributed by atoms with van der Waals surface area (Å²) in [6, 6.07) is 19.9. The molecule has 0 bridgehead atoms. The number of Topliss-reactive ketones (excluding diaryl/α,β-unsaturated/α-hetero) is 1. The molecule has 0 unspecified atom stereocenters. The number of pyridine rings is 1. The van der Waals surface area contributed by atoms with E-state index in [0.29, 0.717) is 0 Å². The van der Waals surface area contributed by atoms with Crippen molar-refractivity contribution in [1.29, 1.82) is 0 Å². The third-order valence-electron chi connectivity index (χ3n) is 4.09. The molecule has 4 rings (SSSR count). The average molecular weight is 332 g/mol. The number of hydrogen-bond acceptors (Lipinski definition) is 3. The fourth-order valence-electron chi connectivity index (χ4n) is 2.84. The Morgan fingerprint density at radius 3 is 2.75 bits per heavy atom. The van der Waals surface area contributed by atoms with E-state index in [4.69, 9.17) is 0 Å². The van der Waals surface area contributed by atoms with Crippen molar-refractivity contribution in [2.45, 2.75) is 17.2 Å². The van der Waals surface area contributed by atoms with Crippen LogP contribution in [0.15, 0.2) is 71.9 Å². The first-order valence-electron chi connectivity index (χ1n) is 7.85. The minimum Gasteiger partial charge on any atom is -0.360 e. The van der Waals surface area contributed by atoms with Gasteiger partial charge in [-0.3, -0.25) is 4.79 Å². The van der Waals surface area contributed by atoms with Gasteiger partial charge in [-0.15, -0.1) is 0 Å². The summed E-state index contributed by atoms with van der Waals surface area (Å²) in [5, 5.41) is 2.76. The van der Waals surface area contributed by atoms with Crippen LogP contribution in [0.4, 0.5) is 0 Å². The van der Waals surface area contributed by atoms with E-state index in [-0.39, 0.29) is 11.0 Å². The number of carbonyl (C=O) groups excluding carboxylic acids is 1. The van der Waals surface area contributed by atoms with Gasteiger partial charge in [-0.1, -0.05) is 54.2 Å². The van der Waals surface area contributed by atoms with Crippen molar-refractivity contribution in [3.8, 4) is 0 Å². The van der Waals surface area contributed by atoms with Crippen LogP contribution in [0, 0.1) is 0 Å². The van der Waals surface area contributed by atoms with E-state index in [9.17, 15) is 4.79 Å². The van der Waals surface area contributed by atoms with Gasteiger partial charge in [0.05, 0.1) is 15.8 Å². The highest BCUT2D eigenvalue weighted by Crippen LogP contribution is 2.28. The number of benzene rings is 2. The maximum atomic E-state index is 12.8. The summed E-state index contributed by atoms with van der Waals surface area (Å²) in [4.78, 5) is 20.6. The Morgan fingerprint density at radius 2 is 1.83 bits per heavy atom. The van der Waals surface area contributed by atoms with Gasteiger partial charge in [0.15, 0.2) is 5.78 Å². The van der Waals surface area contributed by atoms with E-state index in [1.165, 1.54) is 11.8 Å². The van der Waals surface area contributed by atoms with Gasteiger partial charge in [0.1, 0.15) is 0 Å². The number of thioether (sulfide) groups is 1. The van der Waals surface area contributed by atoms with Crippen LogP contribution in [0.3, 0.4) is 0 Å². The van der Waals surface area contributed by atoms with E-state index in [0.717, 1.165) is 32.4 Å². The zero-order chi connectivity index (χ0) is 16.5. The van der Waals surface area contributed by atoms with Crippen molar-refractivity contribution in [2.24, 2.45) is 0 Å². The maximum absolute atomic E-state index is 12.8. The average Bonchev–Trinajstić information content (AvgIpc) is 3.05. The molecule has 0 aliphatic heterocycles. The molecule has 24 heavy (non-hydrogen) atoms. The predicted molar refractivity (Wildman–Crippen MR) is 99.7 cm³/mol. The lowest BCUT2D eigenvalue weighted by molar-refractivity contribution is 0.0995. The monoisotopic (exact) mass is 332 g/mol. The van der Waals surface area contributed by atoms with Crippen molar-refractivity contribution in [3.05, 3.63) is 72.4 Å². The first-order valence-corrected chi connectivity index (χ1v) is 8.73. The number of para-hydroxylation sites is 2. The largest absolute Gasteiger partial charge is 0.360 e. The molecule has 0 aliphatic rings. The van der Waals surface area contributed by atoms with E-state index in [2.05, 4.69) is 9.97 Å². The molecule has 0 spiro atoms. The molecule has 0 saturated carbocycles. The van der Waals surface area contributed by atoms with Gasteiger partial charge in [0.2, 0.25) is 0 Å². The predicted octanol–water partition coefficient (Wildman–Crippen LogP) is 5.08. The van der Waals surface area contributed by atoms with Crippen LogP contribution in [0.2, 0.25) is 0 Å². The Kier molecular flexibility index (Phi) is 3.82. The summed E-state index contributed by atoms with van der Waals surface area (Å²) in [5.41, 5.74) is 2.68. The lowest BCUT2D eigenvalue weighted by atomic mass is 10.1. The number of aromatic amines is 1. The van der Waals surface area contributed by atoms with E-state index in [1.807, 2.05) is 67.6 Å². The Morgan fingerprint density at radius 1 is 1.04 bits per heavy atom. The molecule has 0 fully saturated rings. The molecule has 118 valence electrons. The second-order valence-corrected chi connectivity index (χ2v) is 7.08. The number of carbonyl (C=O) groups is 1. The summed E-state index contributed by atoms with van der Waals surface area (Å²) in [6.45, 7) is 1.94. The second kappa shape index (κ2) is 6.13. The van der Waals surface area contributed by atoms with Gasteiger partial charge < -0.3 is 4.98 Å². The van der Waals surface area contributed by atoms with Crippen LogP contribution in [-0.4, -0.2) is 21.0 Å². The van der Waals surface area contributed by atoms with Gasteiger partial charge in [0, 0.05) is 28.0 Å². The summed E-state index contributed by atoms with van der Waals surface area (Å²) in [5.74, 6) is 0.118. The number of H-pyrrole nitrogens is 1. The van der Waals surface area contributed by atoms with Crippen molar-refractivity contribution >= 4 is 39.4 Å². The van der Waals surface area contributed by atoms with Crippen molar-refractivity contribution in [3.63, 3.8) is 0 Å². The summed E-state index contributed by atoms with van der Waals surface area (Å²) in [6.07, 6.45) is 1.80. The molecule has 2 aromatic carbocycles. The molecule has 0 amide bonds. The lowest BCUT2D eigenvalue weighted by Gasteiger charge is -2.09. The van der Waals surface area contributed by atoms with E-state index >= 15 is 0 Å². The number of aromatic nitrogens is 2. The first-order chi connectivity index (χ1) is 11.7. The summed E-state index contributed by atoms with van der Waals surface area (Å²) < 4.78 is 0. The highest BCUT2D eigenvalue weighted by Gasteiger charge is 2.20. The smallest absolute Gasteiger partial charge is 0.178 e. The van der Waals surface area contributed by atoms with Crippen molar-refractivity contribution < 1.29 is 4.79 Å². The zero-order valence-electron chi connectivity index (χ0n) is 13.2. The third kappa shape index (κ3) is 2.69. The highest BCUT2D eigenvalue weighted by molar-refractivity contribution is 8.00. The van der Waals surface area contributed by atoms with Crippen LogP contribution in [0.25, 0.3) is 21.8 Å². The zero-order valence-corrected chi connectivity index (χ0v) is 14.0. The number of rotatable bonds is 4. The van der Waals surface area contributed by atoms with Gasteiger partial charge in [-0.05, 0) is 25.1 Å². The summed E-state index contributed by atoms with van der Waals surface area (Å²) >= 11 is 1.50. The number of nitrogens with one attached hydrogen (secondary N) is 1. The third-order valence-corrected chi connectivity index (χ3v) is 5.13. The SMILES string of the molecule is C[C@@H](Sc1ccc2ccccc2n1)C(=O)c1c[nH]c2ccccc12. The molecule has 2 heterocycles. The first kappa shape index (κ1) is 15.0. The molecule has 4 heteroatoms. The van der Waals surface area contributed by atoms with Crippen LogP contribution >= 0.6 is 11.8 Å². The van der Waals surface area contributed by atoms with Gasteiger partial charge in [0.25, 0.3) is 0 Å². The van der Waals surface area contributed by atoms with E-state index in [1.54, 1.807) is 6.20 Å². The molecule has 4 aromatic rings. The Hall–Kier alpha value is -2.59. The second-order valence-electron chi connectivity index (χ2n) is 5.71. The fourth-order valence-corrected chi connectivity index (χ4v) is 3.74. The quantitative estimate of drug-likeness (QED) is 0.419. The van der Waals surface area contributed by atoms with Crippen LogP contribution < -0.4 is 0 Å². The molecular weight excluding hydrogens is 316 g/mol. The van der Waals surface area contributed by atoms with Crippen LogP contribution in [0.5, 0.6) is 0 Å². The van der Waals surface area contributed by atoms with Gasteiger partial charge in [-0.2, -0.15) is 0 Å². The minimum absolute atomic E-state index is 0.118. The molecule has 3 nitrogen and oxygen atoms in total. The van der Waals surface area contributed by atoms with E-state index < -0.39 is 0 Å². The molecule has 0 aliphatic carbocycles. The number of hydrogen-bond donors (Lipinski definition) is 1. The molecule has 1 atom stereocenters. The van der Waals surface area contributed by atoms with Crippen molar-refractivity contribution in [1.82, 2.24) is 9.97 Å². The van der Waals surface area contributed by atoms with Crippen molar-refractivity contribution in [2.75, 3.05) is 0 Å². The topological polar surface area (TPSA) is 45.8 Å². The Bertz CT molecular complexity index is 1040. The maximum Gasteiger partial charge on any atom is 0.178 e. The number of ketones is 1. The Labute approximate surface area is 144 Å². The molecule has 2 aromatic heterocycles. The summed E-state index contributed by atoms with van der Waals surface area (Å²) in [7, 11) is 0. The van der Waals surface area contributed by atoms with Crippen LogP contribution in [-0.2, 0) is 0 Å². The lowest BCUT2D eigenvalue weighted by Crippen LogP contribution is -2.13. The van der Waals surface area contributed by atoms with Crippen LogP contribution in [0.1, 0.15) is 17.3 Å². The molecule has 1 N–H and O–H groups in total. The number of fused-ring (bicyclic) bond motifs is 2. The fraction of sp³-hybridized carbons (Fsp3) is 0.100. The van der Waals surface area contributed by atoms with Gasteiger partial charge in [-0.25, -0.2) is 4.98 Å².